The number of methoxy groups -OCH3 is 2. The lowest BCUT2D eigenvalue weighted by Crippen LogP contribution is -2.06. The summed E-state index contributed by atoms with van der Waals surface area (Å²) in [4.78, 5) is 26.6. The van der Waals surface area contributed by atoms with E-state index in [1.807, 2.05) is 0 Å². The van der Waals surface area contributed by atoms with Crippen molar-refractivity contribution in [3.05, 3.63) is 69.4 Å². The molecule has 0 radical (unpaired) electrons. The average Bonchev–Trinajstić information content (AvgIpc) is 3.02. The number of esters is 1. The highest BCUT2D eigenvalue weighted by Gasteiger charge is 2.25. The van der Waals surface area contributed by atoms with E-state index in [0.29, 0.717) is 22.6 Å². The molecule has 0 aromatic heterocycles. The van der Waals surface area contributed by atoms with E-state index >= 15 is 0 Å². The summed E-state index contributed by atoms with van der Waals surface area (Å²) in [6, 6.07) is 10.9. The number of benzene rings is 2. The molecule has 0 amide bonds. The fourth-order valence-electron chi connectivity index (χ4n) is 2.35. The first kappa shape index (κ1) is 17.2. The molecule has 0 aliphatic carbocycles. The number of rotatable bonds is 5. The minimum absolute atomic E-state index is 0.0438. The molecule has 0 fully saturated rings. The summed E-state index contributed by atoms with van der Waals surface area (Å²) in [5.74, 6) is 0.501. The maximum absolute atomic E-state index is 12.1. The summed E-state index contributed by atoms with van der Waals surface area (Å²) >= 11 is 0. The van der Waals surface area contributed by atoms with Crippen molar-refractivity contribution in [1.82, 2.24) is 0 Å². The molecule has 3 rings (SSSR count). The molecular formula is C18H14N2O6. The van der Waals surface area contributed by atoms with Crippen molar-refractivity contribution in [2.45, 2.75) is 0 Å². The van der Waals surface area contributed by atoms with Crippen LogP contribution in [-0.2, 0) is 9.53 Å². The highest BCUT2D eigenvalue weighted by molar-refractivity contribution is 6.13. The van der Waals surface area contributed by atoms with Crippen LogP contribution in [0.5, 0.6) is 11.5 Å². The molecule has 0 saturated heterocycles. The number of nitro groups is 1. The molecule has 1 heterocycles. The molecule has 0 N–H and O–H groups in total. The maximum atomic E-state index is 12.1. The maximum Gasteiger partial charge on any atom is 0.363 e. The van der Waals surface area contributed by atoms with Crippen LogP contribution in [0.3, 0.4) is 0 Å². The van der Waals surface area contributed by atoms with E-state index in [2.05, 4.69) is 4.99 Å². The SMILES string of the molecule is COc1cc(OC)cc(C2=N/C(=C\c3cccc([N+](=O)[O-])c3)C(=O)O2)c1. The summed E-state index contributed by atoms with van der Waals surface area (Å²) in [5, 5.41) is 10.9. The fraction of sp³-hybridized carbons (Fsp3) is 0.111. The van der Waals surface area contributed by atoms with Crippen LogP contribution in [0.15, 0.2) is 53.2 Å². The van der Waals surface area contributed by atoms with Gasteiger partial charge in [-0.25, -0.2) is 9.79 Å². The van der Waals surface area contributed by atoms with Crippen molar-refractivity contribution in [3.8, 4) is 11.5 Å². The van der Waals surface area contributed by atoms with Gasteiger partial charge in [-0.3, -0.25) is 10.1 Å². The van der Waals surface area contributed by atoms with Gasteiger partial charge in [0.2, 0.25) is 5.90 Å². The van der Waals surface area contributed by atoms with E-state index in [0.717, 1.165) is 0 Å². The van der Waals surface area contributed by atoms with Gasteiger partial charge >= 0.3 is 5.97 Å². The van der Waals surface area contributed by atoms with Crippen LogP contribution < -0.4 is 9.47 Å². The second-order valence-corrected chi connectivity index (χ2v) is 5.29. The minimum Gasteiger partial charge on any atom is -0.497 e. The molecule has 8 heteroatoms. The Morgan fingerprint density at radius 2 is 1.81 bits per heavy atom. The first-order valence-electron chi connectivity index (χ1n) is 7.50. The second kappa shape index (κ2) is 7.06. The number of nitro benzene ring substituents is 1. The van der Waals surface area contributed by atoms with Gasteiger partial charge in [-0.05, 0) is 23.8 Å². The van der Waals surface area contributed by atoms with E-state index < -0.39 is 10.9 Å². The van der Waals surface area contributed by atoms with Crippen molar-refractivity contribution in [3.63, 3.8) is 0 Å². The van der Waals surface area contributed by atoms with Crippen LogP contribution in [0.25, 0.3) is 6.08 Å². The van der Waals surface area contributed by atoms with Crippen LogP contribution in [0.2, 0.25) is 0 Å². The highest BCUT2D eigenvalue weighted by Crippen LogP contribution is 2.26. The van der Waals surface area contributed by atoms with Gasteiger partial charge in [0.15, 0.2) is 5.70 Å². The molecule has 0 saturated carbocycles. The zero-order valence-corrected chi connectivity index (χ0v) is 14.0. The van der Waals surface area contributed by atoms with Gasteiger partial charge in [0.05, 0.1) is 19.1 Å². The van der Waals surface area contributed by atoms with Gasteiger partial charge in [-0.2, -0.15) is 0 Å². The number of non-ortho nitro benzene ring substituents is 1. The van der Waals surface area contributed by atoms with Gasteiger partial charge in [0, 0.05) is 23.8 Å². The Bertz CT molecular complexity index is 926. The van der Waals surface area contributed by atoms with Gasteiger partial charge in [-0.1, -0.05) is 12.1 Å². The van der Waals surface area contributed by atoms with Crippen molar-refractivity contribution in [2.24, 2.45) is 4.99 Å². The average molecular weight is 354 g/mol. The standard InChI is InChI=1S/C18H14N2O6/c1-24-14-8-12(9-15(10-14)25-2)17-19-16(18(21)26-17)7-11-4-3-5-13(6-11)20(22)23/h3-10H,1-2H3/b16-7-. The predicted molar refractivity (Wildman–Crippen MR) is 93.2 cm³/mol. The Labute approximate surface area is 148 Å². The molecule has 0 unspecified atom stereocenters. The molecule has 0 atom stereocenters. The lowest BCUT2D eigenvalue weighted by atomic mass is 10.1. The molecular weight excluding hydrogens is 340 g/mol. The van der Waals surface area contributed by atoms with E-state index in [1.54, 1.807) is 24.3 Å². The van der Waals surface area contributed by atoms with E-state index in [4.69, 9.17) is 14.2 Å². The smallest absolute Gasteiger partial charge is 0.363 e. The monoisotopic (exact) mass is 354 g/mol. The summed E-state index contributed by atoms with van der Waals surface area (Å²) < 4.78 is 15.6. The predicted octanol–water partition coefficient (Wildman–Crippen LogP) is 2.96. The van der Waals surface area contributed by atoms with E-state index in [1.165, 1.54) is 38.5 Å². The minimum atomic E-state index is -0.645. The summed E-state index contributed by atoms with van der Waals surface area (Å²) in [7, 11) is 3.02. The van der Waals surface area contributed by atoms with E-state index in [9.17, 15) is 14.9 Å². The molecule has 2 aromatic rings. The lowest BCUT2D eigenvalue weighted by molar-refractivity contribution is -0.384. The van der Waals surface area contributed by atoms with Crippen LogP contribution in [-0.4, -0.2) is 31.0 Å². The van der Waals surface area contributed by atoms with Gasteiger partial charge in [0.25, 0.3) is 5.69 Å². The third kappa shape index (κ3) is 3.54. The molecule has 1 aliphatic heterocycles. The number of cyclic esters (lactones) is 1. The number of carbonyl (C=O) groups is 1. The normalized spacial score (nSPS) is 14.8. The van der Waals surface area contributed by atoms with Crippen LogP contribution in [0, 0.1) is 10.1 Å². The molecule has 2 aromatic carbocycles. The van der Waals surface area contributed by atoms with E-state index in [-0.39, 0.29) is 17.3 Å². The third-order valence-electron chi connectivity index (χ3n) is 3.60. The zero-order valence-electron chi connectivity index (χ0n) is 14.0. The largest absolute Gasteiger partial charge is 0.497 e. The van der Waals surface area contributed by atoms with Crippen molar-refractivity contribution in [2.75, 3.05) is 14.2 Å². The number of aliphatic imine (C=N–C) groups is 1. The molecule has 132 valence electrons. The second-order valence-electron chi connectivity index (χ2n) is 5.29. The van der Waals surface area contributed by atoms with Crippen LogP contribution >= 0.6 is 0 Å². The number of hydrogen-bond donors (Lipinski definition) is 0. The van der Waals surface area contributed by atoms with Crippen LogP contribution in [0.4, 0.5) is 5.69 Å². The number of hydrogen-bond acceptors (Lipinski definition) is 7. The van der Waals surface area contributed by atoms with Crippen molar-refractivity contribution in [1.29, 1.82) is 0 Å². The molecule has 8 nitrogen and oxygen atoms in total. The fourth-order valence-corrected chi connectivity index (χ4v) is 2.35. The summed E-state index contributed by atoms with van der Waals surface area (Å²) in [5.41, 5.74) is 0.950. The topological polar surface area (TPSA) is 100 Å². The lowest BCUT2D eigenvalue weighted by Gasteiger charge is -2.07. The third-order valence-corrected chi connectivity index (χ3v) is 3.60. The number of carbonyl (C=O) groups excluding carboxylic acids is 1. The summed E-state index contributed by atoms with van der Waals surface area (Å²) in [6.07, 6.45) is 1.43. The highest BCUT2D eigenvalue weighted by atomic mass is 16.6. The van der Waals surface area contributed by atoms with Gasteiger partial charge < -0.3 is 14.2 Å². The quantitative estimate of drug-likeness (QED) is 0.354. The van der Waals surface area contributed by atoms with Crippen molar-refractivity contribution < 1.29 is 23.9 Å². The number of nitrogens with zero attached hydrogens (tertiary/aromatic N) is 2. The zero-order chi connectivity index (χ0) is 18.7. The van der Waals surface area contributed by atoms with Gasteiger partial charge in [-0.15, -0.1) is 0 Å². The molecule has 26 heavy (non-hydrogen) atoms. The molecule has 0 bridgehead atoms. The molecule has 0 spiro atoms. The first-order valence-corrected chi connectivity index (χ1v) is 7.50. The Morgan fingerprint density at radius 1 is 1.12 bits per heavy atom. The Hall–Kier alpha value is -3.68. The molecule has 1 aliphatic rings. The summed E-state index contributed by atoms with van der Waals surface area (Å²) in [6.45, 7) is 0. The van der Waals surface area contributed by atoms with Crippen molar-refractivity contribution >= 4 is 23.6 Å². The Kier molecular flexibility index (Phi) is 4.66. The first-order chi connectivity index (χ1) is 12.5. The Balaban J connectivity index is 1.97. The number of ether oxygens (including phenoxy) is 3. The van der Waals surface area contributed by atoms with Gasteiger partial charge in [0.1, 0.15) is 11.5 Å². The Morgan fingerprint density at radius 3 is 2.42 bits per heavy atom. The van der Waals surface area contributed by atoms with Crippen LogP contribution in [0.1, 0.15) is 11.1 Å².